The molecule has 0 bridgehead atoms. The van der Waals surface area contributed by atoms with Crippen molar-refractivity contribution in [2.75, 3.05) is 93.5 Å². The molecule has 2 aliphatic carbocycles. The van der Waals surface area contributed by atoms with E-state index in [2.05, 4.69) is 48.5 Å². The maximum absolute atomic E-state index is 13.1. The highest BCUT2D eigenvalue weighted by Crippen LogP contribution is 2.40. The molecular weight excluding hydrogens is 1360 g/mol. The second-order valence-electron chi connectivity index (χ2n) is 26.7. The first-order chi connectivity index (χ1) is 53.2. The van der Waals surface area contributed by atoms with E-state index in [-0.39, 0.29) is 13.2 Å². The summed E-state index contributed by atoms with van der Waals surface area (Å²) in [5.74, 6) is 5.48. The van der Waals surface area contributed by atoms with Gasteiger partial charge in [0.15, 0.2) is 68.7 Å². The van der Waals surface area contributed by atoms with Gasteiger partial charge in [0.05, 0.1) is 93.5 Å². The SMILES string of the molecule is COC(=O)C1(OCCCOc2cc3ccccc3cc2OCCCOc2cc3ccccc3cc2OCCCOc2cc3ccccc3cc2OCCCOc2cc3ccccc3cc2OCCCOc2cc3ccccc3cc2OCCCOC2(C(=O)OC)C=Cc3ccccc3C2)C=Cc2ccccc2C1. The van der Waals surface area contributed by atoms with Crippen molar-refractivity contribution < 1.29 is 75.9 Å². The molecule has 2 unspecified atom stereocenters. The number of hydrogen-bond donors (Lipinski definition) is 0. The van der Waals surface area contributed by atoms with Gasteiger partial charge >= 0.3 is 11.9 Å². The molecule has 12 aromatic carbocycles. The van der Waals surface area contributed by atoms with Crippen LogP contribution in [-0.2, 0) is 41.4 Å². The molecule has 552 valence electrons. The molecule has 16 nitrogen and oxygen atoms in total. The summed E-state index contributed by atoms with van der Waals surface area (Å²) in [6, 6.07) is 76.8. The van der Waals surface area contributed by atoms with Crippen molar-refractivity contribution in [1.29, 1.82) is 0 Å². The van der Waals surface area contributed by atoms with E-state index in [9.17, 15) is 9.59 Å². The van der Waals surface area contributed by atoms with E-state index in [1.165, 1.54) is 14.2 Å². The van der Waals surface area contributed by atoms with Crippen LogP contribution in [0.5, 0.6) is 57.5 Å². The molecule has 2 aliphatic rings. The second-order valence-corrected chi connectivity index (χ2v) is 26.7. The van der Waals surface area contributed by atoms with Gasteiger partial charge in [-0.15, -0.1) is 0 Å². The minimum atomic E-state index is -1.21. The number of hydrogen-bond acceptors (Lipinski definition) is 16. The topological polar surface area (TPSA) is 163 Å². The Morgan fingerprint density at radius 3 is 0.648 bits per heavy atom. The van der Waals surface area contributed by atoms with Gasteiger partial charge in [-0.1, -0.05) is 182 Å². The van der Waals surface area contributed by atoms with Crippen molar-refractivity contribution in [2.45, 2.75) is 62.6 Å². The summed E-state index contributed by atoms with van der Waals surface area (Å²) < 4.78 is 87.6. The average Bonchev–Trinajstić information content (AvgIpc) is 0.877. The highest BCUT2D eigenvalue weighted by molar-refractivity contribution is 5.91. The van der Waals surface area contributed by atoms with Gasteiger partial charge in [-0.05, 0) is 149 Å². The summed E-state index contributed by atoms with van der Waals surface area (Å²) in [6.07, 6.45) is 11.6. The van der Waals surface area contributed by atoms with Crippen molar-refractivity contribution >= 4 is 78.0 Å². The maximum Gasteiger partial charge on any atom is 0.342 e. The summed E-state index contributed by atoms with van der Waals surface area (Å²) in [4.78, 5) is 26.2. The Morgan fingerprint density at radius 1 is 0.259 bits per heavy atom. The number of rotatable bonds is 38. The minimum absolute atomic E-state index is 0.280. The Balaban J connectivity index is 0.539. The lowest BCUT2D eigenvalue weighted by molar-refractivity contribution is -0.164. The van der Waals surface area contributed by atoms with Crippen molar-refractivity contribution in [3.8, 4) is 57.5 Å². The summed E-state index contributed by atoms with van der Waals surface area (Å²) >= 11 is 0. The molecule has 108 heavy (non-hydrogen) atoms. The first-order valence-corrected chi connectivity index (χ1v) is 37.1. The standard InChI is InChI=1S/C92H88O16/c1-95-89(93)91(39-37-65-23-3-15-35-77(65)63-91)107-51-21-49-105-87-61-75-33-13-11-31-73(75)59-85(87)103-47-19-45-101-83-57-71-29-9-7-27-69(71)55-81(83)99-43-17-41-97-79-53-67-25-5-6-26-68(67)54-80(79)98-42-18-44-100-82-56-70-28-8-10-30-72(70)58-84(82)102-46-20-48-104-86-60-74-32-12-14-34-76(74)62-88(86)106-50-22-52-108-92(90(94)96-2)40-38-66-24-4-16-36-78(66)64-92/h3-16,23-40,53-62H,17-22,41-52,63-64H2,1-2H3. The Kier molecular flexibility index (Phi) is 24.1. The van der Waals surface area contributed by atoms with E-state index >= 15 is 0 Å². The van der Waals surface area contributed by atoms with Crippen molar-refractivity contribution in [1.82, 2.24) is 0 Å². The van der Waals surface area contributed by atoms with Gasteiger partial charge in [-0.25, -0.2) is 9.59 Å². The number of esters is 2. The molecule has 0 spiro atoms. The number of methoxy groups -OCH3 is 2. The fraction of sp³-hybridized carbons (Fsp3) is 0.261. The zero-order valence-electron chi connectivity index (χ0n) is 60.9. The van der Waals surface area contributed by atoms with Crippen LogP contribution in [0.25, 0.3) is 66.0 Å². The van der Waals surface area contributed by atoms with Gasteiger partial charge in [0.1, 0.15) is 0 Å². The minimum Gasteiger partial charge on any atom is -0.490 e. The Morgan fingerprint density at radius 2 is 0.444 bits per heavy atom. The fourth-order valence-corrected chi connectivity index (χ4v) is 13.6. The molecule has 0 aromatic heterocycles. The smallest absolute Gasteiger partial charge is 0.342 e. The second kappa shape index (κ2) is 35.6. The lowest BCUT2D eigenvalue weighted by Gasteiger charge is -2.31. The third-order valence-electron chi connectivity index (χ3n) is 19.2. The molecule has 14 rings (SSSR count). The quantitative estimate of drug-likeness (QED) is 0.0265. The first-order valence-electron chi connectivity index (χ1n) is 37.1. The molecule has 0 saturated carbocycles. The molecule has 0 amide bonds. The Labute approximate surface area is 629 Å². The monoisotopic (exact) mass is 1450 g/mol. The summed E-state index contributed by atoms with van der Waals surface area (Å²) in [7, 11) is 2.77. The highest BCUT2D eigenvalue weighted by Gasteiger charge is 2.42. The fourth-order valence-electron chi connectivity index (χ4n) is 13.6. The van der Waals surface area contributed by atoms with E-state index in [4.69, 9.17) is 66.3 Å². The van der Waals surface area contributed by atoms with Gasteiger partial charge in [0, 0.05) is 51.4 Å². The predicted molar refractivity (Wildman–Crippen MR) is 422 cm³/mol. The first kappa shape index (κ1) is 73.2. The highest BCUT2D eigenvalue weighted by atomic mass is 16.6. The lowest BCUT2D eigenvalue weighted by Crippen LogP contribution is -2.44. The molecule has 0 aliphatic heterocycles. The van der Waals surface area contributed by atoms with Crippen LogP contribution in [0.15, 0.2) is 243 Å². The van der Waals surface area contributed by atoms with Crippen molar-refractivity contribution in [2.24, 2.45) is 0 Å². The van der Waals surface area contributed by atoms with Crippen LogP contribution in [0.4, 0.5) is 0 Å². The lowest BCUT2D eigenvalue weighted by atomic mass is 9.86. The average molecular weight is 1450 g/mol. The van der Waals surface area contributed by atoms with Gasteiger partial charge in [0.2, 0.25) is 0 Å². The normalized spacial score (nSPS) is 14.9. The van der Waals surface area contributed by atoms with E-state index in [0.29, 0.717) is 175 Å². The molecule has 0 heterocycles. The van der Waals surface area contributed by atoms with Crippen LogP contribution < -0.4 is 47.4 Å². The number of carbonyl (C=O) groups excluding carboxylic acids is 2. The third kappa shape index (κ3) is 18.0. The molecule has 0 saturated heterocycles. The number of carbonyl (C=O) groups is 2. The predicted octanol–water partition coefficient (Wildman–Crippen LogP) is 18.8. The summed E-state index contributed by atoms with van der Waals surface area (Å²) in [6.45, 7) is 4.23. The van der Waals surface area contributed by atoms with Gasteiger partial charge < -0.3 is 66.3 Å². The number of benzene rings is 12. The molecule has 0 radical (unpaired) electrons. The molecular formula is C92H88O16. The zero-order chi connectivity index (χ0) is 73.8. The molecule has 2 atom stereocenters. The molecule has 0 N–H and O–H groups in total. The van der Waals surface area contributed by atoms with Gasteiger partial charge in [-0.3, -0.25) is 0 Å². The van der Waals surface area contributed by atoms with Crippen LogP contribution in [0.3, 0.4) is 0 Å². The molecule has 16 heteroatoms. The van der Waals surface area contributed by atoms with Crippen LogP contribution in [-0.4, -0.2) is 117 Å². The maximum atomic E-state index is 13.1. The summed E-state index contributed by atoms with van der Waals surface area (Å²) in [5.41, 5.74) is 1.77. The van der Waals surface area contributed by atoms with E-state index in [1.54, 1.807) is 12.2 Å². The number of ether oxygens (including phenoxy) is 14. The van der Waals surface area contributed by atoms with E-state index in [0.717, 1.165) is 76.1 Å². The van der Waals surface area contributed by atoms with E-state index in [1.807, 2.05) is 194 Å². The molecule has 0 fully saturated rings. The zero-order valence-corrected chi connectivity index (χ0v) is 60.9. The van der Waals surface area contributed by atoms with Crippen LogP contribution in [0.2, 0.25) is 0 Å². The van der Waals surface area contributed by atoms with Gasteiger partial charge in [0.25, 0.3) is 0 Å². The van der Waals surface area contributed by atoms with Crippen LogP contribution in [0.1, 0.15) is 60.8 Å². The van der Waals surface area contributed by atoms with Crippen LogP contribution in [0, 0.1) is 0 Å². The molecule has 12 aromatic rings. The largest absolute Gasteiger partial charge is 0.490 e. The van der Waals surface area contributed by atoms with E-state index < -0.39 is 23.1 Å². The van der Waals surface area contributed by atoms with Crippen molar-refractivity contribution in [3.63, 3.8) is 0 Å². The van der Waals surface area contributed by atoms with Crippen LogP contribution >= 0.6 is 0 Å². The Hall–Kier alpha value is -11.7. The Bertz CT molecular complexity index is 4840. The van der Waals surface area contributed by atoms with Gasteiger partial charge in [-0.2, -0.15) is 0 Å². The number of fused-ring (bicyclic) bond motifs is 7. The third-order valence-corrected chi connectivity index (χ3v) is 19.2. The summed E-state index contributed by atoms with van der Waals surface area (Å²) in [5, 5.41) is 10.3. The van der Waals surface area contributed by atoms with Crippen molar-refractivity contribution in [3.05, 3.63) is 265 Å².